The number of anilines is 2. The first-order chi connectivity index (χ1) is 18.2. The maximum atomic E-state index is 6.14. The fourth-order valence-electron chi connectivity index (χ4n) is 5.23. The van der Waals surface area contributed by atoms with Crippen LogP contribution in [0.1, 0.15) is 35.3 Å². The molecule has 0 saturated carbocycles. The maximum Gasteiger partial charge on any atom is 0.212 e. The fraction of sp³-hybridized carbons (Fsp3) is 0.100. The van der Waals surface area contributed by atoms with E-state index in [1.165, 1.54) is 5.56 Å². The lowest BCUT2D eigenvalue weighted by Crippen LogP contribution is -2.31. The molecule has 2 aliphatic heterocycles. The largest absolute Gasteiger partial charge is 0.370 e. The van der Waals surface area contributed by atoms with E-state index >= 15 is 0 Å². The number of nitrogens with two attached hydrogens (primary N) is 1. The summed E-state index contributed by atoms with van der Waals surface area (Å²) < 4.78 is 2.09. The molecular weight excluding hydrogens is 458 g/mol. The molecule has 7 nitrogen and oxygen atoms in total. The van der Waals surface area contributed by atoms with Crippen molar-refractivity contribution in [3.63, 3.8) is 0 Å². The Hall–Kier alpha value is -4.91. The molecule has 180 valence electrons. The summed E-state index contributed by atoms with van der Waals surface area (Å²) in [7, 11) is 0. The predicted molar refractivity (Wildman–Crippen MR) is 149 cm³/mol. The first-order valence-corrected chi connectivity index (χ1v) is 12.4. The van der Waals surface area contributed by atoms with E-state index in [4.69, 9.17) is 20.8 Å². The van der Waals surface area contributed by atoms with Gasteiger partial charge in [-0.2, -0.15) is 5.10 Å². The van der Waals surface area contributed by atoms with Gasteiger partial charge in [0, 0.05) is 6.42 Å². The van der Waals surface area contributed by atoms with Crippen LogP contribution in [0.5, 0.6) is 0 Å². The topological polar surface area (TPSA) is 83.8 Å². The summed E-state index contributed by atoms with van der Waals surface area (Å²) in [5.41, 5.74) is 13.6. The van der Waals surface area contributed by atoms with Crippen molar-refractivity contribution in [3.8, 4) is 0 Å². The molecule has 0 spiro atoms. The van der Waals surface area contributed by atoms with Crippen LogP contribution in [0.25, 0.3) is 11.0 Å². The molecular formula is C30H25N7. The summed E-state index contributed by atoms with van der Waals surface area (Å²) in [4.78, 5) is 9.43. The Labute approximate surface area is 214 Å². The first kappa shape index (κ1) is 21.4. The van der Waals surface area contributed by atoms with E-state index in [0.29, 0.717) is 11.9 Å². The van der Waals surface area contributed by atoms with Crippen molar-refractivity contribution >= 4 is 34.3 Å². The van der Waals surface area contributed by atoms with Gasteiger partial charge in [0.2, 0.25) is 5.95 Å². The second-order valence-corrected chi connectivity index (χ2v) is 9.29. The number of hydrazone groups is 1. The van der Waals surface area contributed by atoms with Crippen LogP contribution < -0.4 is 16.1 Å². The number of aromatic nitrogens is 2. The highest BCUT2D eigenvalue weighted by Gasteiger charge is 2.30. The second kappa shape index (κ2) is 8.64. The molecule has 4 aromatic carbocycles. The van der Waals surface area contributed by atoms with Gasteiger partial charge in [-0.1, -0.05) is 84.9 Å². The second-order valence-electron chi connectivity index (χ2n) is 9.29. The molecule has 0 fully saturated rings. The monoisotopic (exact) mass is 483 g/mol. The van der Waals surface area contributed by atoms with Crippen LogP contribution in [0, 0.1) is 0 Å². The van der Waals surface area contributed by atoms with Crippen molar-refractivity contribution in [3.05, 3.63) is 126 Å². The Bertz CT molecular complexity index is 1640. The Kier molecular flexibility index (Phi) is 4.99. The molecule has 0 radical (unpaired) electrons. The van der Waals surface area contributed by atoms with Crippen molar-refractivity contribution in [1.82, 2.24) is 9.55 Å². The van der Waals surface area contributed by atoms with Gasteiger partial charge in [-0.25, -0.2) is 9.98 Å². The normalized spacial score (nSPS) is 18.8. The molecule has 0 aliphatic carbocycles. The zero-order valence-corrected chi connectivity index (χ0v) is 20.1. The van der Waals surface area contributed by atoms with Gasteiger partial charge in [-0.15, -0.1) is 0 Å². The van der Waals surface area contributed by atoms with Gasteiger partial charge in [-0.3, -0.25) is 14.9 Å². The van der Waals surface area contributed by atoms with Gasteiger partial charge in [-0.05, 0) is 41.0 Å². The molecule has 0 amide bonds. The van der Waals surface area contributed by atoms with Crippen LogP contribution in [0.4, 0.5) is 11.6 Å². The van der Waals surface area contributed by atoms with Crippen molar-refractivity contribution in [2.75, 3.05) is 10.3 Å². The van der Waals surface area contributed by atoms with Crippen LogP contribution in [0.15, 0.2) is 119 Å². The minimum atomic E-state index is -0.301. The molecule has 1 aromatic heterocycles. The van der Waals surface area contributed by atoms with Gasteiger partial charge >= 0.3 is 0 Å². The molecule has 5 aromatic rings. The Balaban J connectivity index is 1.27. The van der Waals surface area contributed by atoms with E-state index in [9.17, 15) is 0 Å². The third-order valence-electron chi connectivity index (χ3n) is 7.00. The number of imidazole rings is 1. The summed E-state index contributed by atoms with van der Waals surface area (Å²) in [6.07, 6.45) is 0.541. The first-order valence-electron chi connectivity index (χ1n) is 12.4. The molecule has 37 heavy (non-hydrogen) atoms. The molecule has 7 heteroatoms. The number of nitrogens with one attached hydrogen (secondary N) is 1. The smallest absolute Gasteiger partial charge is 0.212 e. The minimum Gasteiger partial charge on any atom is -0.370 e. The number of para-hydroxylation sites is 2. The number of hydrogen-bond donors (Lipinski definition) is 2. The van der Waals surface area contributed by atoms with E-state index in [-0.39, 0.29) is 12.2 Å². The number of rotatable bonds is 4. The summed E-state index contributed by atoms with van der Waals surface area (Å²) >= 11 is 0. The number of benzene rings is 4. The zero-order chi connectivity index (χ0) is 24.8. The molecule has 2 unspecified atom stereocenters. The molecule has 3 N–H and O–H groups in total. The summed E-state index contributed by atoms with van der Waals surface area (Å²) in [5.74, 6) is 1.06. The molecule has 3 heterocycles. The Morgan fingerprint density at radius 3 is 2.24 bits per heavy atom. The summed E-state index contributed by atoms with van der Waals surface area (Å²) in [5, 5.41) is 10.3. The lowest BCUT2D eigenvalue weighted by Gasteiger charge is -2.26. The van der Waals surface area contributed by atoms with Gasteiger partial charge < -0.3 is 5.73 Å². The maximum absolute atomic E-state index is 6.14. The van der Waals surface area contributed by atoms with E-state index in [0.717, 1.165) is 40.0 Å². The van der Waals surface area contributed by atoms with Gasteiger partial charge in [0.25, 0.3) is 0 Å². The third kappa shape index (κ3) is 3.72. The summed E-state index contributed by atoms with van der Waals surface area (Å²) in [6.45, 7) is 0. The standard InChI is InChI=1S/C30H25N7/c31-29-33-28(36-26-14-8-7-13-24(26)32-30(36)34-29)22-15-17-23(18-16-22)37-27(21-11-5-2-6-12-21)19-25(35-37)20-9-3-1-4-10-20/h1-18,27-28H,19H2,(H3,31,32,33,34). The number of nitrogens with zero attached hydrogens (tertiary/aromatic N) is 5. The van der Waals surface area contributed by atoms with Crippen LogP contribution in [0.3, 0.4) is 0 Å². The third-order valence-corrected chi connectivity index (χ3v) is 7.00. The number of hydrogen-bond acceptors (Lipinski definition) is 6. The Morgan fingerprint density at radius 2 is 1.46 bits per heavy atom. The van der Waals surface area contributed by atoms with E-state index < -0.39 is 0 Å². The van der Waals surface area contributed by atoms with E-state index in [1.54, 1.807) is 0 Å². The van der Waals surface area contributed by atoms with Crippen molar-refractivity contribution < 1.29 is 0 Å². The Morgan fingerprint density at radius 1 is 0.757 bits per heavy atom. The van der Waals surface area contributed by atoms with Gasteiger partial charge in [0.15, 0.2) is 12.1 Å². The highest BCUT2D eigenvalue weighted by molar-refractivity contribution is 6.03. The number of aliphatic imine (C=N–C) groups is 1. The van der Waals surface area contributed by atoms with Gasteiger partial charge in [0.05, 0.1) is 28.5 Å². The molecule has 7 rings (SSSR count). The lowest BCUT2D eigenvalue weighted by atomic mass is 9.98. The van der Waals surface area contributed by atoms with Crippen LogP contribution in [0.2, 0.25) is 0 Å². The predicted octanol–water partition coefficient (Wildman–Crippen LogP) is 5.68. The SMILES string of the molecule is NC1=NC(c2ccc(N3N=C(c4ccccc4)CC3c3ccccc3)cc2)n2c(nc3ccccc32)N1. The molecule has 0 bridgehead atoms. The fourth-order valence-corrected chi connectivity index (χ4v) is 5.23. The van der Waals surface area contributed by atoms with Crippen LogP contribution in [-0.2, 0) is 0 Å². The van der Waals surface area contributed by atoms with E-state index in [1.807, 2.05) is 24.3 Å². The molecule has 2 aliphatic rings. The average Bonchev–Trinajstić information content (AvgIpc) is 3.56. The van der Waals surface area contributed by atoms with Crippen molar-refractivity contribution in [2.24, 2.45) is 15.8 Å². The quantitative estimate of drug-likeness (QED) is 0.345. The highest BCUT2D eigenvalue weighted by Crippen LogP contribution is 2.38. The minimum absolute atomic E-state index is 0.124. The highest BCUT2D eigenvalue weighted by atomic mass is 15.5. The molecule has 0 saturated heterocycles. The van der Waals surface area contributed by atoms with Crippen LogP contribution >= 0.6 is 0 Å². The van der Waals surface area contributed by atoms with Crippen LogP contribution in [-0.4, -0.2) is 21.2 Å². The van der Waals surface area contributed by atoms with Gasteiger partial charge in [0.1, 0.15) is 0 Å². The zero-order valence-electron chi connectivity index (χ0n) is 20.1. The summed E-state index contributed by atoms with van der Waals surface area (Å²) in [6, 6.07) is 37.6. The van der Waals surface area contributed by atoms with E-state index in [2.05, 4.69) is 99.8 Å². The lowest BCUT2D eigenvalue weighted by molar-refractivity contribution is 0.625. The average molecular weight is 484 g/mol. The van der Waals surface area contributed by atoms with Crippen molar-refractivity contribution in [2.45, 2.75) is 18.6 Å². The number of guanidine groups is 1. The van der Waals surface area contributed by atoms with Crippen molar-refractivity contribution in [1.29, 1.82) is 0 Å². The molecule has 2 atom stereocenters. The number of fused-ring (bicyclic) bond motifs is 3.